The van der Waals surface area contributed by atoms with Crippen LogP contribution in [-0.4, -0.2) is 52.3 Å². The number of aromatic nitrogens is 2. The van der Waals surface area contributed by atoms with Crippen LogP contribution >= 0.6 is 11.9 Å². The summed E-state index contributed by atoms with van der Waals surface area (Å²) < 4.78 is 9.61. The molecule has 1 aromatic heterocycles. The van der Waals surface area contributed by atoms with Gasteiger partial charge in [-0.25, -0.2) is 14.4 Å². The molecular formula is C14H21N7O2S. The maximum atomic E-state index is 11.6. The zero-order valence-electron chi connectivity index (χ0n) is 13.4. The van der Waals surface area contributed by atoms with Crippen LogP contribution < -0.4 is 22.1 Å². The Labute approximate surface area is 144 Å². The number of primary amides is 1. The summed E-state index contributed by atoms with van der Waals surface area (Å²) in [4.78, 5) is 20.2. The lowest BCUT2D eigenvalue weighted by atomic mass is 10.0. The molecule has 1 amide bonds. The molecule has 0 aromatic carbocycles. The molecule has 1 fully saturated rings. The van der Waals surface area contributed by atoms with E-state index in [1.165, 1.54) is 18.1 Å². The van der Waals surface area contributed by atoms with Crippen LogP contribution in [-0.2, 0) is 4.74 Å². The number of carbonyl (C=O) groups is 1. The number of ether oxygens (including phenoxy) is 1. The first kappa shape index (κ1) is 16.9. The number of carbonyl (C=O) groups excluding carboxylic acids is 1. The maximum absolute atomic E-state index is 11.6. The van der Waals surface area contributed by atoms with Gasteiger partial charge in [-0.3, -0.25) is 4.79 Å². The average molecular weight is 351 g/mol. The van der Waals surface area contributed by atoms with E-state index in [-0.39, 0.29) is 23.2 Å². The van der Waals surface area contributed by atoms with Crippen molar-refractivity contribution in [2.75, 3.05) is 23.8 Å². The van der Waals surface area contributed by atoms with Gasteiger partial charge in [0.2, 0.25) is 0 Å². The van der Waals surface area contributed by atoms with Crippen LogP contribution in [0.4, 0.5) is 11.6 Å². The van der Waals surface area contributed by atoms with Gasteiger partial charge >= 0.3 is 0 Å². The highest BCUT2D eigenvalue weighted by molar-refractivity contribution is 7.99. The summed E-state index contributed by atoms with van der Waals surface area (Å²) in [7, 11) is 0. The molecule has 130 valence electrons. The fraction of sp³-hybridized carbons (Fsp3) is 0.571. The fourth-order valence-corrected chi connectivity index (χ4v) is 3.46. The highest BCUT2D eigenvalue weighted by Gasteiger charge is 2.24. The second kappa shape index (κ2) is 7.32. The summed E-state index contributed by atoms with van der Waals surface area (Å²) in [5.41, 5.74) is 12.6. The number of nitrogens with zero attached hydrogens (tertiary/aromatic N) is 3. The SMILES string of the molecule is CC1=NSC(Nc2nc(NC3CCOCC3N)cnc2C(N)=O)C1. The molecule has 24 heavy (non-hydrogen) atoms. The summed E-state index contributed by atoms with van der Waals surface area (Å²) in [5.74, 6) is 0.279. The average Bonchev–Trinajstić information content (AvgIpc) is 2.94. The minimum absolute atomic E-state index is 0.0120. The van der Waals surface area contributed by atoms with E-state index in [1.807, 2.05) is 6.92 Å². The number of anilines is 2. The van der Waals surface area contributed by atoms with Crippen LogP contribution in [0.3, 0.4) is 0 Å². The normalized spacial score (nSPS) is 26.8. The third-order valence-corrected chi connectivity index (χ3v) is 4.81. The van der Waals surface area contributed by atoms with Crippen molar-refractivity contribution in [2.24, 2.45) is 15.9 Å². The predicted octanol–water partition coefficient (Wildman–Crippen LogP) is 0.354. The predicted molar refractivity (Wildman–Crippen MR) is 94.1 cm³/mol. The Morgan fingerprint density at radius 2 is 2.29 bits per heavy atom. The van der Waals surface area contributed by atoms with E-state index in [0.29, 0.717) is 24.8 Å². The van der Waals surface area contributed by atoms with Crippen LogP contribution in [0.15, 0.2) is 10.6 Å². The van der Waals surface area contributed by atoms with Gasteiger partial charge in [0, 0.05) is 30.8 Å². The number of nitrogens with two attached hydrogens (primary N) is 2. The Kier molecular flexibility index (Phi) is 5.17. The molecule has 6 N–H and O–H groups in total. The third kappa shape index (κ3) is 3.94. The Morgan fingerprint density at radius 1 is 1.46 bits per heavy atom. The van der Waals surface area contributed by atoms with E-state index < -0.39 is 5.91 Å². The molecule has 10 heteroatoms. The fourth-order valence-electron chi connectivity index (χ4n) is 2.60. The number of rotatable bonds is 5. The van der Waals surface area contributed by atoms with Crippen molar-refractivity contribution in [3.8, 4) is 0 Å². The van der Waals surface area contributed by atoms with Gasteiger partial charge in [0.05, 0.1) is 12.8 Å². The van der Waals surface area contributed by atoms with Gasteiger partial charge in [0.1, 0.15) is 11.2 Å². The topological polar surface area (TPSA) is 141 Å². The number of amides is 1. The minimum atomic E-state index is -0.625. The first-order chi connectivity index (χ1) is 11.5. The van der Waals surface area contributed by atoms with Crippen LogP contribution in [0.5, 0.6) is 0 Å². The molecule has 3 heterocycles. The molecule has 0 radical (unpaired) electrons. The van der Waals surface area contributed by atoms with E-state index >= 15 is 0 Å². The Hall–Kier alpha value is -1.91. The summed E-state index contributed by atoms with van der Waals surface area (Å²) in [6.07, 6.45) is 3.05. The molecule has 0 spiro atoms. The summed E-state index contributed by atoms with van der Waals surface area (Å²) in [5, 5.41) is 6.46. The van der Waals surface area contributed by atoms with Gasteiger partial charge in [0.15, 0.2) is 11.5 Å². The van der Waals surface area contributed by atoms with Gasteiger partial charge in [0.25, 0.3) is 5.91 Å². The highest BCUT2D eigenvalue weighted by atomic mass is 32.2. The molecule has 2 aliphatic rings. The van der Waals surface area contributed by atoms with Crippen LogP contribution in [0.2, 0.25) is 0 Å². The molecular weight excluding hydrogens is 330 g/mol. The van der Waals surface area contributed by atoms with Crippen molar-refractivity contribution < 1.29 is 9.53 Å². The van der Waals surface area contributed by atoms with Crippen LogP contribution in [0, 0.1) is 0 Å². The maximum Gasteiger partial charge on any atom is 0.271 e. The monoisotopic (exact) mass is 351 g/mol. The van der Waals surface area contributed by atoms with Crippen molar-refractivity contribution in [2.45, 2.75) is 37.2 Å². The van der Waals surface area contributed by atoms with Crippen molar-refractivity contribution in [3.63, 3.8) is 0 Å². The zero-order valence-corrected chi connectivity index (χ0v) is 14.2. The number of hydrogen-bond donors (Lipinski definition) is 4. The molecule has 1 saturated heterocycles. The second-order valence-corrected chi connectivity index (χ2v) is 6.83. The van der Waals surface area contributed by atoms with E-state index in [4.69, 9.17) is 16.2 Å². The first-order valence-electron chi connectivity index (χ1n) is 7.75. The smallest absolute Gasteiger partial charge is 0.271 e. The van der Waals surface area contributed by atoms with E-state index in [9.17, 15) is 4.79 Å². The molecule has 0 saturated carbocycles. The van der Waals surface area contributed by atoms with Gasteiger partial charge in [-0.2, -0.15) is 0 Å². The van der Waals surface area contributed by atoms with Gasteiger partial charge < -0.3 is 26.8 Å². The van der Waals surface area contributed by atoms with Crippen molar-refractivity contribution >= 4 is 35.2 Å². The highest BCUT2D eigenvalue weighted by Crippen LogP contribution is 2.27. The van der Waals surface area contributed by atoms with Crippen LogP contribution in [0.1, 0.15) is 30.3 Å². The Bertz CT molecular complexity index is 654. The van der Waals surface area contributed by atoms with Gasteiger partial charge in [-0.15, -0.1) is 0 Å². The molecule has 3 rings (SSSR count). The number of hydrogen-bond acceptors (Lipinski definition) is 9. The summed E-state index contributed by atoms with van der Waals surface area (Å²) in [6, 6.07) is -0.0685. The standard InChI is InChI=1S/C14H21N7O2S/c1-7-4-11(24-21-7)20-14-12(13(16)22)17-5-10(19-14)18-9-2-3-23-6-8(9)15/h5,8-9,11H,2-4,6,15H2,1H3,(H2,16,22)(H2,18,19,20). The van der Waals surface area contributed by atoms with Crippen molar-refractivity contribution in [1.82, 2.24) is 9.97 Å². The Morgan fingerprint density at radius 3 is 2.96 bits per heavy atom. The summed E-state index contributed by atoms with van der Waals surface area (Å²) in [6.45, 7) is 3.11. The quantitative estimate of drug-likeness (QED) is 0.557. The molecule has 3 unspecified atom stereocenters. The molecule has 0 bridgehead atoms. The largest absolute Gasteiger partial charge is 0.380 e. The lowest BCUT2D eigenvalue weighted by Gasteiger charge is -2.29. The zero-order chi connectivity index (χ0) is 17.1. The number of nitrogens with one attached hydrogen (secondary N) is 2. The minimum Gasteiger partial charge on any atom is -0.380 e. The molecule has 3 atom stereocenters. The lowest BCUT2D eigenvalue weighted by Crippen LogP contribution is -2.47. The van der Waals surface area contributed by atoms with E-state index in [1.54, 1.807) is 0 Å². The lowest BCUT2D eigenvalue weighted by molar-refractivity contribution is 0.0752. The molecule has 1 aromatic rings. The second-order valence-electron chi connectivity index (χ2n) is 5.86. The van der Waals surface area contributed by atoms with Crippen molar-refractivity contribution in [1.29, 1.82) is 0 Å². The van der Waals surface area contributed by atoms with E-state index in [2.05, 4.69) is 25.0 Å². The first-order valence-corrected chi connectivity index (χ1v) is 8.59. The summed E-state index contributed by atoms with van der Waals surface area (Å²) >= 11 is 1.41. The van der Waals surface area contributed by atoms with Gasteiger partial charge in [-0.1, -0.05) is 0 Å². The van der Waals surface area contributed by atoms with Crippen molar-refractivity contribution in [3.05, 3.63) is 11.9 Å². The van der Waals surface area contributed by atoms with Crippen LogP contribution in [0.25, 0.3) is 0 Å². The molecule has 2 aliphatic heterocycles. The Balaban J connectivity index is 1.76. The van der Waals surface area contributed by atoms with Gasteiger partial charge in [-0.05, 0) is 25.3 Å². The molecule has 9 nitrogen and oxygen atoms in total. The third-order valence-electron chi connectivity index (χ3n) is 3.85. The molecule has 0 aliphatic carbocycles. The van der Waals surface area contributed by atoms with E-state index in [0.717, 1.165) is 18.6 Å².